The van der Waals surface area contributed by atoms with Crippen LogP contribution in [0.2, 0.25) is 0 Å². The summed E-state index contributed by atoms with van der Waals surface area (Å²) in [6.07, 6.45) is 3.78. The number of hydrogen-bond donors (Lipinski definition) is 1. The van der Waals surface area contributed by atoms with E-state index in [9.17, 15) is 0 Å². The maximum absolute atomic E-state index is 6.02. The summed E-state index contributed by atoms with van der Waals surface area (Å²) in [5.41, 5.74) is 0. The molecule has 0 saturated heterocycles. The molecule has 0 spiro atoms. The lowest BCUT2D eigenvalue weighted by molar-refractivity contribution is 0.749. The van der Waals surface area contributed by atoms with E-state index in [1.807, 2.05) is 12.1 Å². The van der Waals surface area contributed by atoms with Gasteiger partial charge in [-0.3, -0.25) is 0 Å². The molecule has 1 N–H and O–H groups in total. The quantitative estimate of drug-likeness (QED) is 0.740. The fourth-order valence-electron chi connectivity index (χ4n) is 1.03. The molecule has 0 amide bonds. The molecule has 0 saturated carbocycles. The molecular formula is C9H14ClN3. The highest BCUT2D eigenvalue weighted by atomic mass is 35.5. The van der Waals surface area contributed by atoms with E-state index in [1.54, 1.807) is 6.20 Å². The van der Waals surface area contributed by atoms with Crippen molar-refractivity contribution in [3.8, 4) is 0 Å². The minimum atomic E-state index is 0.173. The SMILES string of the molecule is CCCC(Cl)CNc1cccnn1. The Balaban J connectivity index is 2.27. The molecule has 0 radical (unpaired) electrons. The van der Waals surface area contributed by atoms with Crippen molar-refractivity contribution in [2.24, 2.45) is 0 Å². The summed E-state index contributed by atoms with van der Waals surface area (Å²) in [6, 6.07) is 3.72. The molecule has 13 heavy (non-hydrogen) atoms. The summed E-state index contributed by atoms with van der Waals surface area (Å²) < 4.78 is 0. The normalized spacial score (nSPS) is 12.5. The predicted octanol–water partition coefficient (Wildman–Crippen LogP) is 2.30. The second-order valence-corrected chi connectivity index (χ2v) is 3.49. The summed E-state index contributed by atoms with van der Waals surface area (Å²) >= 11 is 6.02. The van der Waals surface area contributed by atoms with E-state index < -0.39 is 0 Å². The zero-order valence-corrected chi connectivity index (χ0v) is 8.46. The fraction of sp³-hybridized carbons (Fsp3) is 0.556. The van der Waals surface area contributed by atoms with Crippen LogP contribution < -0.4 is 5.32 Å². The van der Waals surface area contributed by atoms with Gasteiger partial charge in [0, 0.05) is 12.7 Å². The third-order valence-electron chi connectivity index (χ3n) is 1.68. The van der Waals surface area contributed by atoms with Crippen LogP contribution in [-0.4, -0.2) is 22.1 Å². The Hall–Kier alpha value is -0.830. The summed E-state index contributed by atoms with van der Waals surface area (Å²) in [6.45, 7) is 2.87. The average Bonchev–Trinajstić information content (AvgIpc) is 2.17. The second kappa shape index (κ2) is 5.75. The molecule has 0 aliphatic heterocycles. The van der Waals surface area contributed by atoms with E-state index in [4.69, 9.17) is 11.6 Å². The third kappa shape index (κ3) is 4.08. The zero-order chi connectivity index (χ0) is 9.52. The molecule has 1 unspecified atom stereocenters. The van der Waals surface area contributed by atoms with Gasteiger partial charge in [-0.1, -0.05) is 13.3 Å². The third-order valence-corrected chi connectivity index (χ3v) is 2.05. The van der Waals surface area contributed by atoms with Crippen molar-refractivity contribution in [3.63, 3.8) is 0 Å². The van der Waals surface area contributed by atoms with E-state index in [-0.39, 0.29) is 5.38 Å². The lowest BCUT2D eigenvalue weighted by Gasteiger charge is -2.08. The molecule has 0 aliphatic rings. The first kappa shape index (κ1) is 10.3. The molecule has 0 fully saturated rings. The summed E-state index contributed by atoms with van der Waals surface area (Å²) in [5.74, 6) is 0.782. The van der Waals surface area contributed by atoms with E-state index >= 15 is 0 Å². The van der Waals surface area contributed by atoms with Crippen LogP contribution in [-0.2, 0) is 0 Å². The molecule has 1 aromatic rings. The monoisotopic (exact) mass is 199 g/mol. The Morgan fingerprint density at radius 3 is 3.08 bits per heavy atom. The van der Waals surface area contributed by atoms with Crippen molar-refractivity contribution < 1.29 is 0 Å². The molecule has 0 aliphatic carbocycles. The molecule has 4 heteroatoms. The standard InChI is InChI=1S/C9H14ClN3/c1-2-4-8(10)7-11-9-5-3-6-12-13-9/h3,5-6,8H,2,4,7H2,1H3,(H,11,13). The molecule has 0 aromatic carbocycles. The van der Waals surface area contributed by atoms with Gasteiger partial charge in [0.2, 0.25) is 0 Å². The average molecular weight is 200 g/mol. The highest BCUT2D eigenvalue weighted by Crippen LogP contribution is 2.06. The number of alkyl halides is 1. The molecule has 72 valence electrons. The largest absolute Gasteiger partial charge is 0.367 e. The van der Waals surface area contributed by atoms with Gasteiger partial charge in [-0.05, 0) is 18.6 Å². The molecule has 3 nitrogen and oxygen atoms in total. The Kier molecular flexibility index (Phi) is 4.54. The fourth-order valence-corrected chi connectivity index (χ4v) is 1.32. The first-order valence-electron chi connectivity index (χ1n) is 4.48. The maximum Gasteiger partial charge on any atom is 0.148 e. The van der Waals surface area contributed by atoms with Gasteiger partial charge in [0.1, 0.15) is 5.82 Å². The summed E-state index contributed by atoms with van der Waals surface area (Å²) in [4.78, 5) is 0. The van der Waals surface area contributed by atoms with Crippen molar-refractivity contribution in [1.82, 2.24) is 10.2 Å². The van der Waals surface area contributed by atoms with Gasteiger partial charge in [0.05, 0.1) is 5.38 Å². The van der Waals surface area contributed by atoms with Crippen molar-refractivity contribution in [1.29, 1.82) is 0 Å². The van der Waals surface area contributed by atoms with Gasteiger partial charge in [-0.25, -0.2) is 0 Å². The van der Waals surface area contributed by atoms with Crippen molar-refractivity contribution >= 4 is 17.4 Å². The van der Waals surface area contributed by atoms with Crippen LogP contribution in [0, 0.1) is 0 Å². The number of nitrogens with zero attached hydrogens (tertiary/aromatic N) is 2. The van der Waals surface area contributed by atoms with E-state index in [0.717, 1.165) is 25.2 Å². The zero-order valence-electron chi connectivity index (χ0n) is 7.70. The highest BCUT2D eigenvalue weighted by Gasteiger charge is 2.02. The first-order chi connectivity index (χ1) is 6.33. The Morgan fingerprint density at radius 1 is 1.62 bits per heavy atom. The minimum Gasteiger partial charge on any atom is -0.367 e. The Labute approximate surface area is 83.5 Å². The Bertz CT molecular complexity index is 228. The molecular weight excluding hydrogens is 186 g/mol. The van der Waals surface area contributed by atoms with Gasteiger partial charge in [0.15, 0.2) is 0 Å². The van der Waals surface area contributed by atoms with E-state index in [2.05, 4.69) is 22.4 Å². The minimum absolute atomic E-state index is 0.173. The van der Waals surface area contributed by atoms with Crippen molar-refractivity contribution in [2.45, 2.75) is 25.1 Å². The van der Waals surface area contributed by atoms with Crippen molar-refractivity contribution in [2.75, 3.05) is 11.9 Å². The molecule has 1 atom stereocenters. The van der Waals surface area contributed by atoms with E-state index in [1.165, 1.54) is 0 Å². The predicted molar refractivity (Wildman–Crippen MR) is 55.1 cm³/mol. The smallest absolute Gasteiger partial charge is 0.148 e. The first-order valence-corrected chi connectivity index (χ1v) is 4.92. The van der Waals surface area contributed by atoms with Crippen LogP contribution >= 0.6 is 11.6 Å². The number of aromatic nitrogens is 2. The van der Waals surface area contributed by atoms with Gasteiger partial charge in [-0.15, -0.1) is 16.7 Å². The lowest BCUT2D eigenvalue weighted by atomic mass is 10.2. The van der Waals surface area contributed by atoms with Gasteiger partial charge >= 0.3 is 0 Å². The highest BCUT2D eigenvalue weighted by molar-refractivity contribution is 6.20. The number of nitrogens with one attached hydrogen (secondary N) is 1. The summed E-state index contributed by atoms with van der Waals surface area (Å²) in [7, 11) is 0. The number of hydrogen-bond acceptors (Lipinski definition) is 3. The number of halogens is 1. The van der Waals surface area contributed by atoms with Crippen LogP contribution in [0.4, 0.5) is 5.82 Å². The Morgan fingerprint density at radius 2 is 2.46 bits per heavy atom. The molecule has 1 heterocycles. The van der Waals surface area contributed by atoms with Crippen LogP contribution in [0.5, 0.6) is 0 Å². The van der Waals surface area contributed by atoms with Crippen LogP contribution in [0.15, 0.2) is 18.3 Å². The topological polar surface area (TPSA) is 37.8 Å². The number of anilines is 1. The second-order valence-electron chi connectivity index (χ2n) is 2.88. The molecule has 0 bridgehead atoms. The van der Waals surface area contributed by atoms with E-state index in [0.29, 0.717) is 0 Å². The number of rotatable bonds is 5. The van der Waals surface area contributed by atoms with Crippen LogP contribution in [0.3, 0.4) is 0 Å². The van der Waals surface area contributed by atoms with Gasteiger partial charge in [-0.2, -0.15) is 5.10 Å². The molecule has 1 rings (SSSR count). The van der Waals surface area contributed by atoms with Gasteiger partial charge in [0.25, 0.3) is 0 Å². The molecule has 1 aromatic heterocycles. The van der Waals surface area contributed by atoms with Crippen LogP contribution in [0.1, 0.15) is 19.8 Å². The lowest BCUT2D eigenvalue weighted by Crippen LogP contribution is -2.14. The summed E-state index contributed by atoms with van der Waals surface area (Å²) in [5, 5.41) is 10.9. The van der Waals surface area contributed by atoms with Gasteiger partial charge < -0.3 is 5.32 Å². The van der Waals surface area contributed by atoms with Crippen molar-refractivity contribution in [3.05, 3.63) is 18.3 Å². The maximum atomic E-state index is 6.02. The van der Waals surface area contributed by atoms with Crippen LogP contribution in [0.25, 0.3) is 0 Å².